The third-order valence-corrected chi connectivity index (χ3v) is 1.82. The molecule has 1 amide bonds. The molecule has 0 radical (unpaired) electrons. The summed E-state index contributed by atoms with van der Waals surface area (Å²) in [5.74, 6) is -0.606. The lowest BCUT2D eigenvalue weighted by Gasteiger charge is -2.07. The first-order chi connectivity index (χ1) is 6.61. The van der Waals surface area contributed by atoms with Crippen molar-refractivity contribution in [3.8, 4) is 0 Å². The second kappa shape index (κ2) is 4.72. The fourth-order valence-electron chi connectivity index (χ4n) is 0.985. The number of carbonyl (C=O) groups is 1. The van der Waals surface area contributed by atoms with Gasteiger partial charge in [-0.25, -0.2) is 4.39 Å². The van der Waals surface area contributed by atoms with Crippen molar-refractivity contribution in [1.82, 2.24) is 5.32 Å². The first-order valence-electron chi connectivity index (χ1n) is 4.38. The number of amides is 1. The highest BCUT2D eigenvalue weighted by Gasteiger charge is 2.07. The Hall–Kier alpha value is -1.42. The summed E-state index contributed by atoms with van der Waals surface area (Å²) >= 11 is 0. The molecule has 3 nitrogen and oxygen atoms in total. The molecule has 0 aromatic heterocycles. The van der Waals surface area contributed by atoms with E-state index in [-0.39, 0.29) is 18.3 Å². The number of hydrogen-bond acceptors (Lipinski definition) is 2. The highest BCUT2D eigenvalue weighted by Crippen LogP contribution is 2.05. The third kappa shape index (κ3) is 2.81. The monoisotopic (exact) mass is 196 g/mol. The number of nitrogens with two attached hydrogens (primary N) is 1. The quantitative estimate of drug-likeness (QED) is 0.751. The van der Waals surface area contributed by atoms with Crippen molar-refractivity contribution in [2.45, 2.75) is 19.5 Å². The van der Waals surface area contributed by atoms with Crippen LogP contribution < -0.4 is 11.1 Å². The summed E-state index contributed by atoms with van der Waals surface area (Å²) in [5, 5.41) is 2.54. The van der Waals surface area contributed by atoms with Crippen LogP contribution in [0.25, 0.3) is 0 Å². The van der Waals surface area contributed by atoms with Gasteiger partial charge in [0.15, 0.2) is 0 Å². The van der Waals surface area contributed by atoms with Crippen molar-refractivity contribution < 1.29 is 9.18 Å². The molecule has 0 aliphatic heterocycles. The molecule has 0 aliphatic carbocycles. The zero-order valence-corrected chi connectivity index (χ0v) is 7.96. The topological polar surface area (TPSA) is 55.1 Å². The van der Waals surface area contributed by atoms with E-state index in [1.54, 1.807) is 25.1 Å². The molecule has 4 heteroatoms. The summed E-state index contributed by atoms with van der Waals surface area (Å²) in [6, 6.07) is 5.73. The van der Waals surface area contributed by atoms with Crippen molar-refractivity contribution in [1.29, 1.82) is 0 Å². The largest absolute Gasteiger partial charge is 0.351 e. The summed E-state index contributed by atoms with van der Waals surface area (Å²) in [4.78, 5) is 11.1. The Morgan fingerprint density at radius 2 is 2.21 bits per heavy atom. The standard InChI is InChI=1S/C10H13FN2O/c1-7(12)10(14)13-6-8-4-2-3-5-9(8)11/h2-5,7H,6,12H2,1H3,(H,13,14)/t7-/m0/s1. The Morgan fingerprint density at radius 3 is 2.79 bits per heavy atom. The highest BCUT2D eigenvalue weighted by atomic mass is 19.1. The maximum atomic E-state index is 13.1. The van der Waals surface area contributed by atoms with E-state index in [1.807, 2.05) is 0 Å². The van der Waals surface area contributed by atoms with Crippen LogP contribution in [0.3, 0.4) is 0 Å². The second-order valence-corrected chi connectivity index (χ2v) is 3.10. The van der Waals surface area contributed by atoms with Crippen molar-refractivity contribution in [3.05, 3.63) is 35.6 Å². The van der Waals surface area contributed by atoms with Crippen LogP contribution in [0.2, 0.25) is 0 Å². The average Bonchev–Trinajstić information content (AvgIpc) is 2.16. The second-order valence-electron chi connectivity index (χ2n) is 3.10. The van der Waals surface area contributed by atoms with Crippen LogP contribution in [0.4, 0.5) is 4.39 Å². The lowest BCUT2D eigenvalue weighted by Crippen LogP contribution is -2.37. The summed E-state index contributed by atoms with van der Waals surface area (Å²) in [6.07, 6.45) is 0. The predicted molar refractivity (Wildman–Crippen MR) is 51.9 cm³/mol. The SMILES string of the molecule is C[C@H](N)C(=O)NCc1ccccc1F. The van der Waals surface area contributed by atoms with Crippen LogP contribution in [-0.2, 0) is 11.3 Å². The maximum Gasteiger partial charge on any atom is 0.236 e. The van der Waals surface area contributed by atoms with Crippen molar-refractivity contribution in [2.24, 2.45) is 5.73 Å². The van der Waals surface area contributed by atoms with Gasteiger partial charge < -0.3 is 11.1 Å². The molecule has 0 aliphatic rings. The molecule has 0 saturated carbocycles. The minimum absolute atomic E-state index is 0.174. The van der Waals surface area contributed by atoms with Gasteiger partial charge in [-0.05, 0) is 13.0 Å². The van der Waals surface area contributed by atoms with E-state index in [1.165, 1.54) is 6.07 Å². The first kappa shape index (κ1) is 10.7. The number of nitrogens with one attached hydrogen (secondary N) is 1. The van der Waals surface area contributed by atoms with Crippen LogP contribution in [-0.4, -0.2) is 11.9 Å². The number of benzene rings is 1. The van der Waals surface area contributed by atoms with Crippen molar-refractivity contribution in [3.63, 3.8) is 0 Å². The Kier molecular flexibility index (Phi) is 3.59. The van der Waals surface area contributed by atoms with E-state index >= 15 is 0 Å². The molecule has 3 N–H and O–H groups in total. The Labute approximate surface area is 82.1 Å². The average molecular weight is 196 g/mol. The minimum Gasteiger partial charge on any atom is -0.351 e. The molecule has 0 heterocycles. The zero-order chi connectivity index (χ0) is 10.6. The number of halogens is 1. The van der Waals surface area contributed by atoms with Gasteiger partial charge in [0.05, 0.1) is 6.04 Å². The molecule has 0 unspecified atom stereocenters. The van der Waals surface area contributed by atoms with Gasteiger partial charge in [-0.3, -0.25) is 4.79 Å². The number of rotatable bonds is 3. The van der Waals surface area contributed by atoms with Gasteiger partial charge in [0.1, 0.15) is 5.82 Å². The van der Waals surface area contributed by atoms with Crippen LogP contribution in [0.5, 0.6) is 0 Å². The van der Waals surface area contributed by atoms with E-state index in [0.717, 1.165) is 0 Å². The zero-order valence-electron chi connectivity index (χ0n) is 7.96. The molecule has 0 fully saturated rings. The van der Waals surface area contributed by atoms with Crippen LogP contribution in [0.1, 0.15) is 12.5 Å². The molecular weight excluding hydrogens is 183 g/mol. The Balaban J connectivity index is 2.54. The summed E-state index contributed by atoms with van der Waals surface area (Å²) in [6.45, 7) is 1.75. The molecule has 1 aromatic carbocycles. The van der Waals surface area contributed by atoms with E-state index < -0.39 is 6.04 Å². The molecule has 76 valence electrons. The maximum absolute atomic E-state index is 13.1. The lowest BCUT2D eigenvalue weighted by atomic mass is 10.2. The van der Waals surface area contributed by atoms with Crippen LogP contribution in [0, 0.1) is 5.82 Å². The van der Waals surface area contributed by atoms with Gasteiger partial charge in [-0.15, -0.1) is 0 Å². The number of carbonyl (C=O) groups excluding carboxylic acids is 1. The minimum atomic E-state index is -0.568. The van der Waals surface area contributed by atoms with Gasteiger partial charge in [-0.2, -0.15) is 0 Å². The van der Waals surface area contributed by atoms with E-state index in [9.17, 15) is 9.18 Å². The molecule has 0 bridgehead atoms. The lowest BCUT2D eigenvalue weighted by molar-refractivity contribution is -0.122. The normalized spacial score (nSPS) is 12.2. The van der Waals surface area contributed by atoms with Gasteiger partial charge in [0, 0.05) is 12.1 Å². The predicted octanol–water partition coefficient (Wildman–Crippen LogP) is 0.789. The highest BCUT2D eigenvalue weighted by molar-refractivity contribution is 5.80. The van der Waals surface area contributed by atoms with Gasteiger partial charge in [-0.1, -0.05) is 18.2 Å². The summed E-state index contributed by atoms with van der Waals surface area (Å²) in [7, 11) is 0. The van der Waals surface area contributed by atoms with Crippen LogP contribution >= 0.6 is 0 Å². The van der Waals surface area contributed by atoms with Gasteiger partial charge in [0.25, 0.3) is 0 Å². The van der Waals surface area contributed by atoms with E-state index in [2.05, 4.69) is 5.32 Å². The molecule has 1 atom stereocenters. The van der Waals surface area contributed by atoms with E-state index in [4.69, 9.17) is 5.73 Å². The number of hydrogen-bond donors (Lipinski definition) is 2. The van der Waals surface area contributed by atoms with E-state index in [0.29, 0.717) is 5.56 Å². The smallest absolute Gasteiger partial charge is 0.236 e. The molecule has 1 aromatic rings. The summed E-state index contributed by atoms with van der Waals surface area (Å²) < 4.78 is 13.1. The third-order valence-electron chi connectivity index (χ3n) is 1.82. The molecular formula is C10H13FN2O. The molecule has 0 saturated heterocycles. The molecule has 14 heavy (non-hydrogen) atoms. The fourth-order valence-corrected chi connectivity index (χ4v) is 0.985. The van der Waals surface area contributed by atoms with Crippen molar-refractivity contribution >= 4 is 5.91 Å². The first-order valence-corrected chi connectivity index (χ1v) is 4.38. The molecule has 1 rings (SSSR count). The van der Waals surface area contributed by atoms with Crippen LogP contribution in [0.15, 0.2) is 24.3 Å². The van der Waals surface area contributed by atoms with Gasteiger partial charge in [0.2, 0.25) is 5.91 Å². The fraction of sp³-hybridized carbons (Fsp3) is 0.300. The van der Waals surface area contributed by atoms with Gasteiger partial charge >= 0.3 is 0 Å². The Bertz CT molecular complexity index is 326. The Morgan fingerprint density at radius 1 is 1.57 bits per heavy atom. The van der Waals surface area contributed by atoms with Crippen molar-refractivity contribution in [2.75, 3.05) is 0 Å². The summed E-state index contributed by atoms with van der Waals surface area (Å²) in [5.41, 5.74) is 5.79. The molecule has 0 spiro atoms.